The molecule has 3 N–H and O–H groups in total. The number of rotatable bonds is 6. The van der Waals surface area contributed by atoms with E-state index in [1.54, 1.807) is 6.92 Å². The van der Waals surface area contributed by atoms with Crippen LogP contribution in [0.1, 0.15) is 22.8 Å². The van der Waals surface area contributed by atoms with Crippen molar-refractivity contribution in [3.05, 3.63) is 56.2 Å². The van der Waals surface area contributed by atoms with Crippen molar-refractivity contribution in [1.29, 1.82) is 0 Å². The predicted molar refractivity (Wildman–Crippen MR) is 115 cm³/mol. The normalized spacial score (nSPS) is 12.0. The Kier molecular flexibility index (Phi) is 5.89. The first-order chi connectivity index (χ1) is 13.7. The van der Waals surface area contributed by atoms with Gasteiger partial charge in [-0.25, -0.2) is 4.79 Å². The van der Waals surface area contributed by atoms with Crippen molar-refractivity contribution < 1.29 is 4.79 Å². The van der Waals surface area contributed by atoms with Gasteiger partial charge in [0.15, 0.2) is 10.1 Å². The van der Waals surface area contributed by atoms with Crippen LogP contribution in [0.2, 0.25) is 0 Å². The molecule has 0 aliphatic carbocycles. The Balaban J connectivity index is 1.79. The smallest absolute Gasteiger partial charge is 0.332 e. The predicted octanol–water partition coefficient (Wildman–Crippen LogP) is 1.93. The van der Waals surface area contributed by atoms with Gasteiger partial charge in [-0.1, -0.05) is 35.2 Å². The van der Waals surface area contributed by atoms with Gasteiger partial charge in [0.05, 0.1) is 5.25 Å². The van der Waals surface area contributed by atoms with Crippen LogP contribution < -0.4 is 22.3 Å². The molecule has 3 rings (SSSR count). The van der Waals surface area contributed by atoms with Gasteiger partial charge in [-0.05, 0) is 31.5 Å². The number of carbonyl (C=O) groups excluding carboxylic acids is 1. The molecule has 0 aliphatic heterocycles. The Morgan fingerprint density at radius 3 is 2.66 bits per heavy atom. The van der Waals surface area contributed by atoms with Gasteiger partial charge in [-0.3, -0.25) is 18.7 Å². The fourth-order valence-electron chi connectivity index (χ4n) is 2.65. The first-order valence-corrected chi connectivity index (χ1v) is 10.3. The first-order valence-electron chi connectivity index (χ1n) is 8.62. The van der Waals surface area contributed by atoms with Crippen LogP contribution in [-0.4, -0.2) is 30.4 Å². The minimum absolute atomic E-state index is 0.144. The third kappa shape index (κ3) is 4.25. The number of carbonyl (C=O) groups is 1. The zero-order chi connectivity index (χ0) is 21.3. The first kappa shape index (κ1) is 20.8. The summed E-state index contributed by atoms with van der Waals surface area (Å²) in [7, 11) is 2.73. The Bertz CT molecular complexity index is 1200. The minimum atomic E-state index is -0.706. The summed E-state index contributed by atoms with van der Waals surface area (Å²) in [5.41, 5.74) is 6.39. The lowest BCUT2D eigenvalue weighted by Crippen LogP contribution is -2.42. The molecular weight excluding hydrogens is 412 g/mol. The Morgan fingerprint density at radius 2 is 1.97 bits per heavy atom. The van der Waals surface area contributed by atoms with Crippen LogP contribution in [0.15, 0.2) is 38.2 Å². The second-order valence-corrected chi connectivity index (χ2v) is 9.02. The number of nitrogens with zero attached hydrogens (tertiary/aromatic N) is 4. The van der Waals surface area contributed by atoms with E-state index in [2.05, 4.69) is 15.5 Å². The molecule has 0 saturated heterocycles. The standard InChI is InChI=1S/C18H20N6O3S2/c1-9-6-5-7-11(8-9)20-16-21-22-17(29-16)28-10(2)13(25)12-14(19)23(3)18(27)24(4)15(12)26/h5-8,10H,19H2,1-4H3,(H,20,21). The molecule has 0 amide bonds. The van der Waals surface area contributed by atoms with Gasteiger partial charge >= 0.3 is 5.69 Å². The zero-order valence-electron chi connectivity index (χ0n) is 16.3. The van der Waals surface area contributed by atoms with Crippen LogP contribution in [0.5, 0.6) is 0 Å². The van der Waals surface area contributed by atoms with Crippen molar-refractivity contribution in [1.82, 2.24) is 19.3 Å². The number of aromatic nitrogens is 4. The molecule has 29 heavy (non-hydrogen) atoms. The fraction of sp³-hybridized carbons (Fsp3) is 0.278. The van der Waals surface area contributed by atoms with E-state index < -0.39 is 22.3 Å². The zero-order valence-corrected chi connectivity index (χ0v) is 17.9. The van der Waals surface area contributed by atoms with E-state index >= 15 is 0 Å². The number of hydrogen-bond donors (Lipinski definition) is 2. The summed E-state index contributed by atoms with van der Waals surface area (Å²) >= 11 is 2.48. The van der Waals surface area contributed by atoms with Crippen LogP contribution in [-0.2, 0) is 14.1 Å². The van der Waals surface area contributed by atoms with Crippen molar-refractivity contribution in [2.24, 2.45) is 14.1 Å². The highest BCUT2D eigenvalue weighted by Crippen LogP contribution is 2.31. The molecule has 0 radical (unpaired) electrons. The van der Waals surface area contributed by atoms with Crippen LogP contribution >= 0.6 is 23.1 Å². The Hall–Kier alpha value is -2.92. The molecule has 9 nitrogen and oxygen atoms in total. The largest absolute Gasteiger partial charge is 0.384 e. The van der Waals surface area contributed by atoms with Gasteiger partial charge in [0.25, 0.3) is 5.56 Å². The average molecular weight is 433 g/mol. The van der Waals surface area contributed by atoms with Crippen molar-refractivity contribution in [3.8, 4) is 0 Å². The fourth-order valence-corrected chi connectivity index (χ4v) is 4.63. The lowest BCUT2D eigenvalue weighted by Gasteiger charge is -2.13. The summed E-state index contributed by atoms with van der Waals surface area (Å²) in [5, 5.41) is 11.3. The number of Topliss-reactive ketones (excluding diaryl/α,β-unsaturated/α-hetero) is 1. The summed E-state index contributed by atoms with van der Waals surface area (Å²) in [4.78, 5) is 37.2. The highest BCUT2D eigenvalue weighted by molar-refractivity contribution is 8.02. The number of benzene rings is 1. The number of nitrogen functional groups attached to an aromatic ring is 1. The molecule has 0 bridgehead atoms. The molecule has 2 heterocycles. The third-order valence-electron chi connectivity index (χ3n) is 4.28. The Morgan fingerprint density at radius 1 is 1.24 bits per heavy atom. The number of hydrogen-bond acceptors (Lipinski definition) is 9. The van der Waals surface area contributed by atoms with Crippen LogP contribution in [0, 0.1) is 6.92 Å². The molecular formula is C18H20N6O3S2. The number of ketones is 1. The van der Waals surface area contributed by atoms with Gasteiger partial charge in [-0.15, -0.1) is 10.2 Å². The van der Waals surface area contributed by atoms with Crippen molar-refractivity contribution in [2.45, 2.75) is 23.4 Å². The van der Waals surface area contributed by atoms with E-state index in [0.717, 1.165) is 20.4 Å². The van der Waals surface area contributed by atoms with Gasteiger partial charge in [0.2, 0.25) is 5.13 Å². The second kappa shape index (κ2) is 8.21. The molecule has 1 unspecified atom stereocenters. The maximum absolute atomic E-state index is 12.9. The van der Waals surface area contributed by atoms with E-state index in [0.29, 0.717) is 9.47 Å². The van der Waals surface area contributed by atoms with E-state index in [4.69, 9.17) is 5.73 Å². The van der Waals surface area contributed by atoms with Crippen LogP contribution in [0.3, 0.4) is 0 Å². The van der Waals surface area contributed by atoms with Crippen LogP contribution in [0.4, 0.5) is 16.6 Å². The number of aryl methyl sites for hydroxylation is 1. The molecule has 0 aliphatic rings. The van der Waals surface area contributed by atoms with E-state index in [1.807, 2.05) is 31.2 Å². The highest BCUT2D eigenvalue weighted by Gasteiger charge is 2.26. The molecule has 152 valence electrons. The average Bonchev–Trinajstić information content (AvgIpc) is 3.11. The lowest BCUT2D eigenvalue weighted by molar-refractivity contribution is 0.0992. The second-order valence-electron chi connectivity index (χ2n) is 6.46. The monoisotopic (exact) mass is 432 g/mol. The minimum Gasteiger partial charge on any atom is -0.384 e. The molecule has 0 spiro atoms. The van der Waals surface area contributed by atoms with Crippen molar-refractivity contribution >= 4 is 45.5 Å². The van der Waals surface area contributed by atoms with Gasteiger partial charge in [0.1, 0.15) is 11.4 Å². The molecule has 0 saturated carbocycles. The third-order valence-corrected chi connectivity index (χ3v) is 6.30. The number of nitrogens with two attached hydrogens (primary N) is 1. The molecule has 11 heteroatoms. The van der Waals surface area contributed by atoms with Gasteiger partial charge < -0.3 is 11.1 Å². The summed E-state index contributed by atoms with van der Waals surface area (Å²) in [6, 6.07) is 7.84. The van der Waals surface area contributed by atoms with E-state index in [9.17, 15) is 14.4 Å². The topological polar surface area (TPSA) is 125 Å². The SMILES string of the molecule is Cc1cccc(Nc2nnc(SC(C)C(=O)c3c(N)n(C)c(=O)n(C)c3=O)s2)c1. The summed E-state index contributed by atoms with van der Waals surface area (Å²) in [5.74, 6) is -0.610. The highest BCUT2D eigenvalue weighted by atomic mass is 32.2. The maximum Gasteiger partial charge on any atom is 0.332 e. The summed E-state index contributed by atoms with van der Waals surface area (Å²) < 4.78 is 2.53. The number of thioether (sulfide) groups is 1. The number of anilines is 3. The quantitative estimate of drug-likeness (QED) is 0.447. The van der Waals surface area contributed by atoms with E-state index in [-0.39, 0.29) is 11.4 Å². The van der Waals surface area contributed by atoms with Crippen LogP contribution in [0.25, 0.3) is 0 Å². The number of nitrogens with one attached hydrogen (secondary N) is 1. The lowest BCUT2D eigenvalue weighted by atomic mass is 10.1. The van der Waals surface area contributed by atoms with Gasteiger partial charge in [0, 0.05) is 19.8 Å². The molecule has 2 aromatic heterocycles. The van der Waals surface area contributed by atoms with E-state index in [1.165, 1.54) is 37.2 Å². The maximum atomic E-state index is 12.9. The Labute approximate surface area is 174 Å². The van der Waals surface area contributed by atoms with Crippen molar-refractivity contribution in [2.75, 3.05) is 11.1 Å². The summed E-state index contributed by atoms with van der Waals surface area (Å²) in [6.45, 7) is 3.65. The molecule has 3 aromatic rings. The summed E-state index contributed by atoms with van der Waals surface area (Å²) in [6.07, 6.45) is 0. The molecule has 1 atom stereocenters. The molecule has 0 fully saturated rings. The van der Waals surface area contributed by atoms with Crippen molar-refractivity contribution in [3.63, 3.8) is 0 Å². The molecule has 1 aromatic carbocycles. The van der Waals surface area contributed by atoms with Gasteiger partial charge in [-0.2, -0.15) is 0 Å².